The van der Waals surface area contributed by atoms with Crippen LogP contribution in [0.1, 0.15) is 52.0 Å². The SMILES string of the molecule is Cc1c(C)n(-c2cccc3c2C=C[CH]3[Zr+2][CH]2C=Cc3c2cccc3-n2c(C)c(C)c3ccccc32)c2ccccc12.[Cl-].[Cl-]. The molecule has 8 rings (SSSR count). The Hall–Kier alpha value is -3.10. The molecule has 0 aliphatic heterocycles. The normalized spacial score (nSPS) is 16.2. The summed E-state index contributed by atoms with van der Waals surface area (Å²) in [5.41, 5.74) is 16.5. The predicted molar refractivity (Wildman–Crippen MR) is 169 cm³/mol. The van der Waals surface area contributed by atoms with E-state index in [4.69, 9.17) is 0 Å². The van der Waals surface area contributed by atoms with Crippen LogP contribution < -0.4 is 24.8 Å². The van der Waals surface area contributed by atoms with Crippen LogP contribution in [0.5, 0.6) is 0 Å². The number of hydrogen-bond acceptors (Lipinski definition) is 0. The molecule has 0 saturated heterocycles. The minimum absolute atomic E-state index is 0. The third-order valence-corrected chi connectivity index (χ3v) is 13.8. The second-order valence-electron chi connectivity index (χ2n) is 11.5. The first-order valence-electron chi connectivity index (χ1n) is 14.5. The molecule has 5 heteroatoms. The third kappa shape index (κ3) is 4.47. The van der Waals surface area contributed by atoms with Gasteiger partial charge < -0.3 is 24.8 Å². The van der Waals surface area contributed by atoms with Gasteiger partial charge in [0.1, 0.15) is 0 Å². The van der Waals surface area contributed by atoms with Crippen LogP contribution in [-0.2, 0) is 23.2 Å². The van der Waals surface area contributed by atoms with Crippen LogP contribution in [0.25, 0.3) is 45.3 Å². The summed E-state index contributed by atoms with van der Waals surface area (Å²) in [7, 11) is 0. The van der Waals surface area contributed by atoms with E-state index in [0.29, 0.717) is 7.25 Å². The van der Waals surface area contributed by atoms with Gasteiger partial charge in [-0.1, -0.05) is 0 Å². The van der Waals surface area contributed by atoms with Crippen molar-refractivity contribution in [1.82, 2.24) is 9.13 Å². The summed E-state index contributed by atoms with van der Waals surface area (Å²) in [4.78, 5) is 0. The predicted octanol–water partition coefficient (Wildman–Crippen LogP) is 3.73. The van der Waals surface area contributed by atoms with Crippen molar-refractivity contribution < 1.29 is 48.0 Å². The molecule has 2 aliphatic carbocycles. The first-order chi connectivity index (χ1) is 20.0. The molecule has 0 fully saturated rings. The van der Waals surface area contributed by atoms with E-state index in [2.05, 4.69) is 146 Å². The van der Waals surface area contributed by atoms with Gasteiger partial charge in [0.2, 0.25) is 0 Å². The van der Waals surface area contributed by atoms with Crippen molar-refractivity contribution >= 4 is 34.0 Å². The number of aromatic nitrogens is 2. The van der Waals surface area contributed by atoms with Crippen molar-refractivity contribution in [3.8, 4) is 11.4 Å². The quantitative estimate of drug-likeness (QED) is 0.269. The molecular weight excluding hydrogens is 647 g/mol. The van der Waals surface area contributed by atoms with Crippen LogP contribution in [0.2, 0.25) is 0 Å². The van der Waals surface area contributed by atoms with Crippen LogP contribution in [0, 0.1) is 27.7 Å². The van der Waals surface area contributed by atoms with Crippen molar-refractivity contribution in [2.45, 2.75) is 34.9 Å². The van der Waals surface area contributed by atoms with Gasteiger partial charge in [-0.05, 0) is 0 Å². The van der Waals surface area contributed by atoms with E-state index in [1.807, 2.05) is 0 Å². The number of benzene rings is 4. The fourth-order valence-corrected chi connectivity index (χ4v) is 11.3. The number of nitrogens with zero attached hydrogens (tertiary/aromatic N) is 2. The Kier molecular flexibility index (Phi) is 7.97. The van der Waals surface area contributed by atoms with Gasteiger partial charge >= 0.3 is 254 Å². The Bertz CT molecular complexity index is 1950. The molecule has 2 atom stereocenters. The molecule has 0 bridgehead atoms. The average Bonchev–Trinajstić information content (AvgIpc) is 3.73. The maximum absolute atomic E-state index is 2.51. The van der Waals surface area contributed by atoms with Crippen LogP contribution in [0.4, 0.5) is 0 Å². The van der Waals surface area contributed by atoms with Gasteiger partial charge in [-0.15, -0.1) is 0 Å². The van der Waals surface area contributed by atoms with Crippen molar-refractivity contribution in [2.24, 2.45) is 0 Å². The van der Waals surface area contributed by atoms with Crippen LogP contribution >= 0.6 is 0 Å². The first-order valence-corrected chi connectivity index (χ1v) is 17.4. The van der Waals surface area contributed by atoms with Gasteiger partial charge in [-0.2, -0.15) is 0 Å². The largest absolute Gasteiger partial charge is 1.00 e. The minimum atomic E-state index is -0.888. The molecule has 43 heavy (non-hydrogen) atoms. The van der Waals surface area contributed by atoms with Crippen LogP contribution in [0.3, 0.4) is 0 Å². The monoisotopic (exact) mass is 676 g/mol. The number of hydrogen-bond donors (Lipinski definition) is 0. The van der Waals surface area contributed by atoms with Crippen molar-refractivity contribution in [2.75, 3.05) is 0 Å². The van der Waals surface area contributed by atoms with Gasteiger partial charge in [0.05, 0.1) is 0 Å². The molecule has 2 unspecified atom stereocenters. The van der Waals surface area contributed by atoms with Crippen LogP contribution in [-0.4, -0.2) is 9.13 Å². The Morgan fingerprint density at radius 2 is 0.930 bits per heavy atom. The topological polar surface area (TPSA) is 9.86 Å². The molecule has 6 aromatic rings. The van der Waals surface area contributed by atoms with E-state index >= 15 is 0 Å². The van der Waals surface area contributed by atoms with E-state index < -0.39 is 23.2 Å². The first kappa shape index (κ1) is 30.0. The second-order valence-corrected chi connectivity index (χ2v) is 15.4. The molecule has 0 amide bonds. The molecule has 0 N–H and O–H groups in total. The van der Waals surface area contributed by atoms with Gasteiger partial charge in [0, 0.05) is 0 Å². The molecule has 0 saturated carbocycles. The molecule has 212 valence electrons. The molecule has 2 heterocycles. The molecule has 2 nitrogen and oxygen atoms in total. The Balaban J connectivity index is 0.00000165. The van der Waals surface area contributed by atoms with Gasteiger partial charge in [-0.3, -0.25) is 0 Å². The number of fused-ring (bicyclic) bond motifs is 4. The summed E-state index contributed by atoms with van der Waals surface area (Å²) in [5, 5.41) is 2.70. The summed E-state index contributed by atoms with van der Waals surface area (Å²) in [6.45, 7) is 9.02. The number of para-hydroxylation sites is 2. The zero-order valence-electron chi connectivity index (χ0n) is 24.7. The maximum atomic E-state index is 2.51. The van der Waals surface area contributed by atoms with Crippen LogP contribution in [0.15, 0.2) is 97.1 Å². The summed E-state index contributed by atoms with van der Waals surface area (Å²) in [5.74, 6) is 0. The molecular formula is C38H32Cl2N2Zr. The fraction of sp³-hybridized carbons (Fsp3) is 0.158. The number of aryl methyl sites for hydroxylation is 2. The van der Waals surface area contributed by atoms with E-state index in [1.54, 1.807) is 0 Å². The molecule has 0 spiro atoms. The second kappa shape index (κ2) is 11.4. The summed E-state index contributed by atoms with van der Waals surface area (Å²) < 4.78 is 6.09. The maximum Gasteiger partial charge on any atom is -1.00 e. The Morgan fingerprint density at radius 1 is 0.512 bits per heavy atom. The van der Waals surface area contributed by atoms with E-state index in [0.717, 1.165) is 0 Å². The van der Waals surface area contributed by atoms with E-state index in [1.165, 1.54) is 77.9 Å². The Labute approximate surface area is 277 Å². The number of allylic oxidation sites excluding steroid dienone is 2. The zero-order chi connectivity index (χ0) is 27.8. The summed E-state index contributed by atoms with van der Waals surface area (Å²) in [6.07, 6.45) is 9.84. The molecule has 0 radical (unpaired) electrons. The minimum Gasteiger partial charge on any atom is -1.00 e. The third-order valence-electron chi connectivity index (χ3n) is 9.51. The van der Waals surface area contributed by atoms with E-state index in [9.17, 15) is 0 Å². The Morgan fingerprint density at radius 3 is 1.37 bits per heavy atom. The summed E-state index contributed by atoms with van der Waals surface area (Å²) in [6, 6.07) is 31.6. The summed E-state index contributed by atoms with van der Waals surface area (Å²) >= 11 is -0.888. The number of halogens is 2. The van der Waals surface area contributed by atoms with Gasteiger partial charge in [0.15, 0.2) is 0 Å². The average molecular weight is 679 g/mol. The van der Waals surface area contributed by atoms with E-state index in [-0.39, 0.29) is 24.8 Å². The van der Waals surface area contributed by atoms with Crippen molar-refractivity contribution in [3.63, 3.8) is 0 Å². The molecule has 4 aromatic carbocycles. The number of rotatable bonds is 4. The zero-order valence-corrected chi connectivity index (χ0v) is 28.7. The standard InChI is InChI=1S/2C19H16N.2ClH.Zr/c2*1-13-14(2)20(18-11-4-3-9-16(13)18)19-12-6-8-15-7-5-10-17(15)19;;;/h2*3-12H,1-2H3;2*1H;/q;;;;+2/p-2. The smallest absolute Gasteiger partial charge is 1.00 e. The molecule has 2 aliphatic rings. The van der Waals surface area contributed by atoms with Crippen molar-refractivity contribution in [1.29, 1.82) is 0 Å². The van der Waals surface area contributed by atoms with Crippen molar-refractivity contribution in [3.05, 3.63) is 142 Å². The molecule has 2 aromatic heterocycles. The fourth-order valence-electron chi connectivity index (χ4n) is 7.19. The van der Waals surface area contributed by atoms with Gasteiger partial charge in [0.25, 0.3) is 0 Å². The van der Waals surface area contributed by atoms with Gasteiger partial charge in [-0.25, -0.2) is 0 Å².